The molecule has 0 aliphatic carbocycles. The molecule has 1 aromatic carbocycles. The van der Waals surface area contributed by atoms with E-state index in [0.717, 1.165) is 5.56 Å². The van der Waals surface area contributed by atoms with Gasteiger partial charge in [0, 0.05) is 12.2 Å². The van der Waals surface area contributed by atoms with Gasteiger partial charge in [-0.25, -0.2) is 4.98 Å². The minimum Gasteiger partial charge on any atom is -0.322 e. The molecule has 1 amide bonds. The van der Waals surface area contributed by atoms with Crippen molar-refractivity contribution < 1.29 is 4.79 Å². The number of amides is 1. The number of pyridine rings is 1. The minimum absolute atomic E-state index is 0.0799. The Balaban J connectivity index is 1.95. The monoisotopic (exact) mass is 303 g/mol. The highest BCUT2D eigenvalue weighted by atomic mass is 35.5. The van der Waals surface area contributed by atoms with E-state index in [2.05, 4.69) is 15.6 Å². The molecule has 2 rings (SSSR count). The van der Waals surface area contributed by atoms with Crippen molar-refractivity contribution in [3.63, 3.8) is 0 Å². The van der Waals surface area contributed by atoms with E-state index in [1.165, 1.54) is 0 Å². The van der Waals surface area contributed by atoms with Gasteiger partial charge in [0.1, 0.15) is 0 Å². The maximum absolute atomic E-state index is 12.2. The Hall–Kier alpha value is -1.91. The number of rotatable bonds is 5. The van der Waals surface area contributed by atoms with Crippen molar-refractivity contribution in [2.24, 2.45) is 0 Å². The molecule has 0 saturated carbocycles. The van der Waals surface area contributed by atoms with Crippen LogP contribution < -0.4 is 10.6 Å². The van der Waals surface area contributed by atoms with Crippen molar-refractivity contribution in [2.75, 3.05) is 5.32 Å². The van der Waals surface area contributed by atoms with Gasteiger partial charge in [0.05, 0.1) is 11.7 Å². The van der Waals surface area contributed by atoms with Crippen molar-refractivity contribution in [2.45, 2.75) is 25.9 Å². The average Bonchev–Trinajstić information content (AvgIpc) is 2.50. The molecule has 0 saturated heterocycles. The zero-order valence-corrected chi connectivity index (χ0v) is 12.8. The summed E-state index contributed by atoms with van der Waals surface area (Å²) in [4.78, 5) is 16.1. The molecule has 0 unspecified atom stereocenters. The second kappa shape index (κ2) is 7.20. The second-order valence-corrected chi connectivity index (χ2v) is 5.21. The number of nitrogens with one attached hydrogen (secondary N) is 2. The largest absolute Gasteiger partial charge is 0.322 e. The summed E-state index contributed by atoms with van der Waals surface area (Å²) in [5, 5.41) is 6.32. The van der Waals surface area contributed by atoms with Crippen molar-refractivity contribution >= 4 is 23.2 Å². The van der Waals surface area contributed by atoms with Gasteiger partial charge in [-0.1, -0.05) is 41.9 Å². The summed E-state index contributed by atoms with van der Waals surface area (Å²) < 4.78 is 0. The maximum atomic E-state index is 12.2. The van der Waals surface area contributed by atoms with Gasteiger partial charge in [0.25, 0.3) is 0 Å². The van der Waals surface area contributed by atoms with Crippen LogP contribution in [0.1, 0.15) is 25.5 Å². The lowest BCUT2D eigenvalue weighted by molar-refractivity contribution is -0.117. The first kappa shape index (κ1) is 15.5. The Bertz CT molecular complexity index is 603. The lowest BCUT2D eigenvalue weighted by Gasteiger charge is -2.20. The van der Waals surface area contributed by atoms with Crippen LogP contribution in [0.25, 0.3) is 0 Å². The van der Waals surface area contributed by atoms with Crippen LogP contribution in [0.2, 0.25) is 5.15 Å². The molecule has 0 radical (unpaired) electrons. The van der Waals surface area contributed by atoms with Crippen molar-refractivity contribution in [3.05, 3.63) is 59.4 Å². The minimum atomic E-state index is -0.350. The maximum Gasteiger partial charge on any atom is 0.241 e. The number of hydrogen-bond acceptors (Lipinski definition) is 3. The Morgan fingerprint density at radius 3 is 2.52 bits per heavy atom. The topological polar surface area (TPSA) is 54.0 Å². The standard InChI is InChI=1S/C16H18ClN3O/c1-11(13-7-4-3-5-8-13)19-12(2)16(21)20-14-9-6-10-18-15(14)17/h3-12,19H,1-2H3,(H,20,21)/t11-,12+/m1/s1. The van der Waals surface area contributed by atoms with E-state index in [1.807, 2.05) is 44.2 Å². The predicted molar refractivity (Wildman–Crippen MR) is 85.3 cm³/mol. The van der Waals surface area contributed by atoms with Crippen LogP contribution in [0.15, 0.2) is 48.7 Å². The van der Waals surface area contributed by atoms with Gasteiger partial charge in [-0.05, 0) is 31.5 Å². The fourth-order valence-corrected chi connectivity index (χ4v) is 2.18. The third-order valence-corrected chi connectivity index (χ3v) is 3.51. The molecule has 5 heteroatoms. The highest BCUT2D eigenvalue weighted by molar-refractivity contribution is 6.32. The molecule has 0 spiro atoms. The summed E-state index contributed by atoms with van der Waals surface area (Å²) in [5.74, 6) is -0.146. The lowest BCUT2D eigenvalue weighted by Crippen LogP contribution is -2.39. The van der Waals surface area contributed by atoms with Crippen molar-refractivity contribution in [1.82, 2.24) is 10.3 Å². The number of nitrogens with zero attached hydrogens (tertiary/aromatic N) is 1. The van der Waals surface area contributed by atoms with Gasteiger partial charge < -0.3 is 5.32 Å². The summed E-state index contributed by atoms with van der Waals surface area (Å²) in [6, 6.07) is 13.2. The quantitative estimate of drug-likeness (QED) is 0.832. The normalized spacial score (nSPS) is 13.5. The molecule has 0 aliphatic rings. The van der Waals surface area contributed by atoms with E-state index in [-0.39, 0.29) is 23.1 Å². The number of benzene rings is 1. The van der Waals surface area contributed by atoms with Gasteiger partial charge in [0.15, 0.2) is 5.15 Å². The van der Waals surface area contributed by atoms with E-state index in [0.29, 0.717) is 5.69 Å². The number of hydrogen-bond donors (Lipinski definition) is 2. The molecule has 2 atom stereocenters. The van der Waals surface area contributed by atoms with Gasteiger partial charge in [-0.15, -0.1) is 0 Å². The highest BCUT2D eigenvalue weighted by Crippen LogP contribution is 2.18. The lowest BCUT2D eigenvalue weighted by atomic mass is 10.1. The van der Waals surface area contributed by atoms with Crippen LogP contribution >= 0.6 is 11.6 Å². The summed E-state index contributed by atoms with van der Waals surface area (Å²) in [7, 11) is 0. The van der Waals surface area contributed by atoms with Crippen molar-refractivity contribution in [3.8, 4) is 0 Å². The summed E-state index contributed by atoms with van der Waals surface area (Å²) in [6.07, 6.45) is 1.58. The second-order valence-electron chi connectivity index (χ2n) is 4.85. The SMILES string of the molecule is C[C@H](N[C@H](C)c1ccccc1)C(=O)Nc1cccnc1Cl. The molecule has 110 valence electrons. The summed E-state index contributed by atoms with van der Waals surface area (Å²) >= 11 is 5.93. The number of aromatic nitrogens is 1. The number of carbonyl (C=O) groups excluding carboxylic acids is 1. The molecule has 21 heavy (non-hydrogen) atoms. The van der Waals surface area contributed by atoms with E-state index in [4.69, 9.17) is 11.6 Å². The number of anilines is 1. The molecule has 1 aromatic heterocycles. The average molecular weight is 304 g/mol. The third-order valence-electron chi connectivity index (χ3n) is 3.21. The molecule has 4 nitrogen and oxygen atoms in total. The van der Waals surface area contributed by atoms with Crippen LogP contribution in [0.3, 0.4) is 0 Å². The third kappa shape index (κ3) is 4.28. The van der Waals surface area contributed by atoms with E-state index >= 15 is 0 Å². The van der Waals surface area contributed by atoms with Gasteiger partial charge >= 0.3 is 0 Å². The molecular weight excluding hydrogens is 286 g/mol. The molecule has 1 heterocycles. The fourth-order valence-electron chi connectivity index (χ4n) is 2.01. The smallest absolute Gasteiger partial charge is 0.241 e. The van der Waals surface area contributed by atoms with Gasteiger partial charge in [0.2, 0.25) is 5.91 Å². The Morgan fingerprint density at radius 1 is 1.14 bits per heavy atom. The van der Waals surface area contributed by atoms with E-state index < -0.39 is 0 Å². The van der Waals surface area contributed by atoms with Crippen LogP contribution in [-0.4, -0.2) is 16.9 Å². The fraction of sp³-hybridized carbons (Fsp3) is 0.250. The summed E-state index contributed by atoms with van der Waals surface area (Å²) in [5.41, 5.74) is 1.65. The molecular formula is C16H18ClN3O. The van der Waals surface area contributed by atoms with Crippen LogP contribution in [0, 0.1) is 0 Å². The highest BCUT2D eigenvalue weighted by Gasteiger charge is 2.17. The van der Waals surface area contributed by atoms with E-state index in [9.17, 15) is 4.79 Å². The number of carbonyl (C=O) groups is 1. The molecule has 2 N–H and O–H groups in total. The van der Waals surface area contributed by atoms with Crippen molar-refractivity contribution in [1.29, 1.82) is 0 Å². The van der Waals surface area contributed by atoms with Crippen LogP contribution in [0.4, 0.5) is 5.69 Å². The van der Waals surface area contributed by atoms with Crippen LogP contribution in [-0.2, 0) is 4.79 Å². The Kier molecular flexibility index (Phi) is 5.31. The number of halogens is 1. The molecule has 0 aliphatic heterocycles. The van der Waals surface area contributed by atoms with Crippen LogP contribution in [0.5, 0.6) is 0 Å². The summed E-state index contributed by atoms with van der Waals surface area (Å²) in [6.45, 7) is 3.84. The zero-order valence-electron chi connectivity index (χ0n) is 12.0. The molecule has 0 fully saturated rings. The first-order valence-corrected chi connectivity index (χ1v) is 7.18. The predicted octanol–water partition coefficient (Wildman–Crippen LogP) is 3.41. The van der Waals surface area contributed by atoms with E-state index in [1.54, 1.807) is 18.3 Å². The first-order valence-electron chi connectivity index (χ1n) is 6.80. The Morgan fingerprint density at radius 2 is 1.86 bits per heavy atom. The molecule has 2 aromatic rings. The Labute approximate surface area is 129 Å². The van der Waals surface area contributed by atoms with Gasteiger partial charge in [-0.2, -0.15) is 0 Å². The van der Waals surface area contributed by atoms with Gasteiger partial charge in [-0.3, -0.25) is 10.1 Å². The molecule has 0 bridgehead atoms. The first-order chi connectivity index (χ1) is 10.1. The zero-order chi connectivity index (χ0) is 15.2.